The van der Waals surface area contributed by atoms with Crippen molar-refractivity contribution in [2.75, 3.05) is 18.9 Å². The number of nitrogens with two attached hydrogens (primary N) is 1. The molecule has 0 radical (unpaired) electrons. The molecule has 278 valence electrons. The number of ether oxygens (including phenoxy) is 4. The number of hydrogen-bond donors (Lipinski definition) is 2. The number of amides is 1. The highest BCUT2D eigenvalue weighted by Gasteiger charge is 2.30. The minimum Gasteiger partial charge on any atom is -0.460 e. The number of aromatic nitrogens is 4. The summed E-state index contributed by atoms with van der Waals surface area (Å²) in [6.45, 7) is -8.40. The van der Waals surface area contributed by atoms with Gasteiger partial charge in [-0.1, -0.05) is 11.8 Å². The van der Waals surface area contributed by atoms with Crippen LogP contribution in [0, 0.1) is 11.8 Å². The number of carbonyl (C=O) groups excluding carboxylic acids is 2. The molecule has 3 N–H and O–H groups in total. The van der Waals surface area contributed by atoms with Gasteiger partial charge in [0.15, 0.2) is 0 Å². The average molecular weight is 753 g/mol. The van der Waals surface area contributed by atoms with Gasteiger partial charge in [0, 0.05) is 35.9 Å². The molecule has 0 saturated heterocycles. The quantitative estimate of drug-likeness (QED) is 0.0911. The first-order valence-electron chi connectivity index (χ1n) is 14.8. The van der Waals surface area contributed by atoms with Gasteiger partial charge < -0.3 is 25.3 Å². The van der Waals surface area contributed by atoms with E-state index in [1.807, 2.05) is 0 Å². The van der Waals surface area contributed by atoms with Crippen molar-refractivity contribution >= 4 is 29.7 Å². The molecule has 1 amide bonds. The number of anilines is 1. The zero-order valence-electron chi connectivity index (χ0n) is 26.6. The van der Waals surface area contributed by atoms with Gasteiger partial charge in [0.2, 0.25) is 5.95 Å². The Morgan fingerprint density at radius 1 is 0.887 bits per heavy atom. The lowest BCUT2D eigenvalue weighted by Crippen LogP contribution is -2.40. The third kappa shape index (κ3) is 12.7. The number of alkyl halides is 7. The molecule has 2 aromatic carbocycles. The lowest BCUT2D eigenvalue weighted by atomic mass is 10.1. The molecule has 0 unspecified atom stereocenters. The standard InChI is InChI=1S/C33H24F8N6O6/c34-25(9-19-14-45-32(42)46-15-19)24-11-21(3-6-27(24)53-31(37)38)28(48)47-23(7-8-51-33(39,40)41)16-50-29(49)22-4-5-26(52-30(35)36)20(10-22)2-1-18-12-43-17-44-13-18/h3-6,9-15,17,23,30-31H,7-8,16H2,(H,47,48)(H2,42,45,46)/b25-9-/t23-/m0/s1. The molecule has 0 fully saturated rings. The van der Waals surface area contributed by atoms with Crippen molar-refractivity contribution in [2.24, 2.45) is 0 Å². The van der Waals surface area contributed by atoms with Crippen molar-refractivity contribution in [3.05, 3.63) is 101 Å². The smallest absolute Gasteiger partial charge is 0.460 e. The number of halogens is 8. The van der Waals surface area contributed by atoms with E-state index in [0.29, 0.717) is 5.56 Å². The summed E-state index contributed by atoms with van der Waals surface area (Å²) >= 11 is 0. The van der Waals surface area contributed by atoms with E-state index in [4.69, 9.17) is 10.5 Å². The van der Waals surface area contributed by atoms with Crippen LogP contribution in [0.2, 0.25) is 0 Å². The topological polar surface area (TPSA) is 161 Å². The summed E-state index contributed by atoms with van der Waals surface area (Å²) in [6.07, 6.45) is 1.35. The van der Waals surface area contributed by atoms with Crippen LogP contribution in [-0.2, 0) is 9.47 Å². The van der Waals surface area contributed by atoms with E-state index in [-0.39, 0.29) is 28.2 Å². The van der Waals surface area contributed by atoms with E-state index in [2.05, 4.69) is 51.3 Å². The van der Waals surface area contributed by atoms with Gasteiger partial charge in [-0.3, -0.25) is 9.53 Å². The number of benzene rings is 2. The van der Waals surface area contributed by atoms with Crippen molar-refractivity contribution in [1.82, 2.24) is 25.3 Å². The van der Waals surface area contributed by atoms with Crippen LogP contribution in [-0.4, -0.2) is 70.7 Å². The Bertz CT molecular complexity index is 1970. The van der Waals surface area contributed by atoms with E-state index < -0.39 is 80.0 Å². The normalized spacial score (nSPS) is 12.2. The molecule has 4 rings (SSSR count). The molecule has 0 spiro atoms. The lowest BCUT2D eigenvalue weighted by molar-refractivity contribution is -0.325. The Kier molecular flexibility index (Phi) is 13.6. The van der Waals surface area contributed by atoms with Gasteiger partial charge in [0.05, 0.1) is 34.9 Å². The SMILES string of the molecule is Nc1ncc(/C=C(\F)c2cc(C(=O)N[C@@H](CCOC(F)(F)F)COC(=O)c3ccc(OC(F)F)c(C#Cc4cncnc4)c3)ccc2OC(F)F)cn1. The Balaban J connectivity index is 1.56. The number of nitrogen functional groups attached to an aromatic ring is 1. The minimum absolute atomic E-state index is 0.0576. The first-order valence-corrected chi connectivity index (χ1v) is 14.8. The highest BCUT2D eigenvalue weighted by molar-refractivity contribution is 5.96. The Morgan fingerprint density at radius 2 is 1.53 bits per heavy atom. The number of rotatable bonds is 14. The maximum Gasteiger partial charge on any atom is 0.522 e. The Morgan fingerprint density at radius 3 is 2.19 bits per heavy atom. The minimum atomic E-state index is -5.05. The largest absolute Gasteiger partial charge is 0.522 e. The number of nitrogens with one attached hydrogen (secondary N) is 1. The molecule has 2 heterocycles. The van der Waals surface area contributed by atoms with E-state index in [0.717, 1.165) is 54.9 Å². The molecule has 12 nitrogen and oxygen atoms in total. The Labute approximate surface area is 294 Å². The third-order valence-corrected chi connectivity index (χ3v) is 6.52. The van der Waals surface area contributed by atoms with Crippen molar-refractivity contribution in [3.8, 4) is 23.3 Å². The fourth-order valence-corrected chi connectivity index (χ4v) is 4.20. The molecule has 4 aromatic rings. The summed E-state index contributed by atoms with van der Waals surface area (Å²) in [6, 6.07) is 4.41. The highest BCUT2D eigenvalue weighted by Crippen LogP contribution is 2.31. The van der Waals surface area contributed by atoms with Crippen molar-refractivity contribution in [1.29, 1.82) is 0 Å². The lowest BCUT2D eigenvalue weighted by Gasteiger charge is -2.20. The molecular formula is C33H24F8N6O6. The molecule has 0 aliphatic rings. The summed E-state index contributed by atoms with van der Waals surface area (Å²) in [5.74, 6) is 0.647. The first-order chi connectivity index (χ1) is 25.2. The molecular weight excluding hydrogens is 728 g/mol. The van der Waals surface area contributed by atoms with E-state index in [9.17, 15) is 40.3 Å². The van der Waals surface area contributed by atoms with Crippen molar-refractivity contribution in [2.45, 2.75) is 32.0 Å². The summed E-state index contributed by atoms with van der Waals surface area (Å²) in [5.41, 5.74) is 4.35. The second-order valence-electron chi connectivity index (χ2n) is 10.3. The fraction of sp³-hybridized carbons (Fsp3) is 0.212. The van der Waals surface area contributed by atoms with E-state index in [1.165, 1.54) is 18.7 Å². The molecule has 0 saturated carbocycles. The van der Waals surface area contributed by atoms with Crippen LogP contribution in [0.4, 0.5) is 41.1 Å². The molecule has 0 bridgehead atoms. The van der Waals surface area contributed by atoms with Gasteiger partial charge in [-0.05, 0) is 48.9 Å². The van der Waals surface area contributed by atoms with Crippen LogP contribution in [0.3, 0.4) is 0 Å². The Hall–Kier alpha value is -6.36. The zero-order chi connectivity index (χ0) is 38.5. The van der Waals surface area contributed by atoms with Crippen molar-refractivity contribution in [3.63, 3.8) is 0 Å². The maximum atomic E-state index is 15.3. The van der Waals surface area contributed by atoms with Gasteiger partial charge in [-0.25, -0.2) is 29.1 Å². The monoisotopic (exact) mass is 752 g/mol. The third-order valence-electron chi connectivity index (χ3n) is 6.52. The molecule has 0 aliphatic heterocycles. The predicted octanol–water partition coefficient (Wildman–Crippen LogP) is 5.80. The van der Waals surface area contributed by atoms with Crippen molar-refractivity contribution < 1.29 is 63.7 Å². The summed E-state index contributed by atoms with van der Waals surface area (Å²) < 4.78 is 123. The average Bonchev–Trinajstić information content (AvgIpc) is 3.10. The summed E-state index contributed by atoms with van der Waals surface area (Å²) in [4.78, 5) is 41.1. The predicted molar refractivity (Wildman–Crippen MR) is 168 cm³/mol. The molecule has 1 atom stereocenters. The van der Waals surface area contributed by atoms with Gasteiger partial charge in [0.25, 0.3) is 5.91 Å². The van der Waals surface area contributed by atoms with Gasteiger partial charge >= 0.3 is 25.6 Å². The molecule has 53 heavy (non-hydrogen) atoms. The molecule has 2 aromatic heterocycles. The second kappa shape index (κ2) is 18.2. The highest BCUT2D eigenvalue weighted by atomic mass is 19.4. The van der Waals surface area contributed by atoms with E-state index >= 15 is 4.39 Å². The maximum absolute atomic E-state index is 15.3. The fourth-order valence-electron chi connectivity index (χ4n) is 4.20. The van der Waals surface area contributed by atoms with Crippen LogP contribution < -0.4 is 20.5 Å². The van der Waals surface area contributed by atoms with Gasteiger partial charge in [0.1, 0.15) is 30.3 Å². The van der Waals surface area contributed by atoms with Gasteiger partial charge in [-0.15, -0.1) is 13.2 Å². The second-order valence-corrected chi connectivity index (χ2v) is 10.3. The van der Waals surface area contributed by atoms with Crippen LogP contribution >= 0.6 is 0 Å². The summed E-state index contributed by atoms with van der Waals surface area (Å²) in [7, 11) is 0. The molecule has 0 aliphatic carbocycles. The van der Waals surface area contributed by atoms with Crippen LogP contribution in [0.1, 0.15) is 49.4 Å². The summed E-state index contributed by atoms with van der Waals surface area (Å²) in [5, 5.41) is 2.32. The number of nitrogens with zero attached hydrogens (tertiary/aromatic N) is 4. The molecule has 20 heteroatoms. The van der Waals surface area contributed by atoms with Gasteiger partial charge in [-0.2, -0.15) is 17.6 Å². The zero-order valence-corrected chi connectivity index (χ0v) is 26.6. The van der Waals surface area contributed by atoms with E-state index in [1.54, 1.807) is 0 Å². The number of esters is 1. The van der Waals surface area contributed by atoms with Crippen LogP contribution in [0.15, 0.2) is 67.5 Å². The number of carbonyl (C=O) groups is 2. The van der Waals surface area contributed by atoms with Crippen LogP contribution in [0.5, 0.6) is 11.5 Å². The van der Waals surface area contributed by atoms with Crippen LogP contribution in [0.25, 0.3) is 11.9 Å². The number of hydrogen-bond acceptors (Lipinski definition) is 11. The first kappa shape index (κ1) is 39.4.